The Labute approximate surface area is 174 Å². The Balaban J connectivity index is 1.62. The number of hydrogen-bond donors (Lipinski definition) is 1. The first-order valence-electron chi connectivity index (χ1n) is 9.18. The molecular formula is C21H22ClN3O4. The van der Waals surface area contributed by atoms with Crippen LogP contribution in [0.1, 0.15) is 23.2 Å². The average Bonchev–Trinajstić information content (AvgIpc) is 3.13. The van der Waals surface area contributed by atoms with Gasteiger partial charge in [-0.1, -0.05) is 11.6 Å². The van der Waals surface area contributed by atoms with Crippen molar-refractivity contribution in [1.29, 1.82) is 0 Å². The van der Waals surface area contributed by atoms with Crippen LogP contribution in [0.3, 0.4) is 0 Å². The number of ether oxygens (including phenoxy) is 1. The van der Waals surface area contributed by atoms with Crippen LogP contribution in [0.15, 0.2) is 42.5 Å². The molecule has 29 heavy (non-hydrogen) atoms. The molecule has 2 aromatic carbocycles. The Morgan fingerprint density at radius 3 is 2.55 bits per heavy atom. The lowest BCUT2D eigenvalue weighted by Crippen LogP contribution is -2.35. The monoisotopic (exact) mass is 415 g/mol. The number of nitrogens with zero attached hydrogens (tertiary/aromatic N) is 2. The molecule has 7 nitrogen and oxygen atoms in total. The van der Waals surface area contributed by atoms with E-state index in [9.17, 15) is 14.4 Å². The molecule has 3 amide bonds. The first-order valence-corrected chi connectivity index (χ1v) is 9.56. The highest BCUT2D eigenvalue weighted by molar-refractivity contribution is 6.31. The summed E-state index contributed by atoms with van der Waals surface area (Å²) in [7, 11) is 3.04. The van der Waals surface area contributed by atoms with Crippen molar-refractivity contribution in [3.8, 4) is 5.75 Å². The highest BCUT2D eigenvalue weighted by atomic mass is 35.5. The molecule has 2 aromatic rings. The number of anilines is 2. The lowest BCUT2D eigenvalue weighted by Gasteiger charge is -2.19. The van der Waals surface area contributed by atoms with E-state index in [0.717, 1.165) is 12.1 Å². The Bertz CT molecular complexity index is 930. The Hall–Kier alpha value is -3.06. The zero-order valence-corrected chi connectivity index (χ0v) is 17.0. The second-order valence-electron chi connectivity index (χ2n) is 6.75. The van der Waals surface area contributed by atoms with Crippen LogP contribution in [-0.2, 0) is 9.59 Å². The van der Waals surface area contributed by atoms with Crippen molar-refractivity contribution in [3.63, 3.8) is 0 Å². The maximum absolute atomic E-state index is 12.6. The second kappa shape index (κ2) is 8.96. The molecule has 3 rings (SSSR count). The molecule has 0 unspecified atom stereocenters. The van der Waals surface area contributed by atoms with Crippen molar-refractivity contribution < 1.29 is 19.1 Å². The molecule has 1 N–H and O–H groups in total. The number of benzene rings is 2. The smallest absolute Gasteiger partial charge is 0.254 e. The van der Waals surface area contributed by atoms with Crippen LogP contribution in [0.25, 0.3) is 0 Å². The standard InChI is InChI=1S/C21H22ClN3O4/c1-24(13-19(26)23-17-12-15(22)7-10-18(17)29-2)21(28)14-5-8-16(9-6-14)25-11-3-4-20(25)27/h5-10,12H,3-4,11,13H2,1-2H3,(H,23,26). The van der Waals surface area contributed by atoms with Crippen LogP contribution < -0.4 is 15.0 Å². The summed E-state index contributed by atoms with van der Waals surface area (Å²) in [6.45, 7) is 0.556. The number of hydrogen-bond acceptors (Lipinski definition) is 4. The van der Waals surface area contributed by atoms with Gasteiger partial charge in [0.1, 0.15) is 5.75 Å². The minimum atomic E-state index is -0.374. The molecule has 8 heteroatoms. The van der Waals surface area contributed by atoms with Crippen LogP contribution in [0.2, 0.25) is 5.02 Å². The normalized spacial score (nSPS) is 13.3. The molecule has 1 saturated heterocycles. The predicted octanol–water partition coefficient (Wildman–Crippen LogP) is 3.19. The number of halogens is 1. The van der Waals surface area contributed by atoms with Gasteiger partial charge in [-0.2, -0.15) is 0 Å². The molecule has 0 radical (unpaired) electrons. The molecule has 152 valence electrons. The quantitative estimate of drug-likeness (QED) is 0.785. The van der Waals surface area contributed by atoms with Gasteiger partial charge in [-0.25, -0.2) is 0 Å². The molecule has 1 heterocycles. The first-order chi connectivity index (χ1) is 13.9. The van der Waals surface area contributed by atoms with E-state index in [-0.39, 0.29) is 24.3 Å². The molecule has 1 aliphatic heterocycles. The molecule has 0 spiro atoms. The highest BCUT2D eigenvalue weighted by Crippen LogP contribution is 2.27. The summed E-state index contributed by atoms with van der Waals surface area (Å²) in [5.41, 5.74) is 1.65. The summed E-state index contributed by atoms with van der Waals surface area (Å²) in [6.07, 6.45) is 1.39. The van der Waals surface area contributed by atoms with Gasteiger partial charge in [-0.05, 0) is 48.9 Å². The number of carbonyl (C=O) groups is 3. The van der Waals surface area contributed by atoms with Crippen LogP contribution in [-0.4, -0.2) is 49.9 Å². The van der Waals surface area contributed by atoms with Crippen LogP contribution in [0.5, 0.6) is 5.75 Å². The number of methoxy groups -OCH3 is 1. The van der Waals surface area contributed by atoms with Gasteiger partial charge in [-0.15, -0.1) is 0 Å². The number of likely N-dealkylation sites (N-methyl/N-ethyl adjacent to an activating group) is 1. The molecule has 1 aliphatic rings. The molecule has 0 atom stereocenters. The van der Waals surface area contributed by atoms with E-state index >= 15 is 0 Å². The Morgan fingerprint density at radius 2 is 1.93 bits per heavy atom. The molecule has 0 aromatic heterocycles. The maximum atomic E-state index is 12.6. The SMILES string of the molecule is COc1ccc(Cl)cc1NC(=O)CN(C)C(=O)c1ccc(N2CCCC2=O)cc1. The van der Waals surface area contributed by atoms with E-state index in [1.165, 1.54) is 12.0 Å². The van der Waals surface area contributed by atoms with Gasteiger partial charge in [-0.3, -0.25) is 14.4 Å². The zero-order chi connectivity index (χ0) is 21.0. The van der Waals surface area contributed by atoms with Crippen molar-refractivity contribution in [2.24, 2.45) is 0 Å². The number of amides is 3. The zero-order valence-electron chi connectivity index (χ0n) is 16.3. The van der Waals surface area contributed by atoms with Crippen molar-refractivity contribution in [1.82, 2.24) is 4.90 Å². The predicted molar refractivity (Wildman–Crippen MR) is 112 cm³/mol. The maximum Gasteiger partial charge on any atom is 0.254 e. The minimum absolute atomic E-state index is 0.0920. The summed E-state index contributed by atoms with van der Waals surface area (Å²) in [4.78, 5) is 39.8. The summed E-state index contributed by atoms with van der Waals surface area (Å²) >= 11 is 5.97. The largest absolute Gasteiger partial charge is 0.495 e. The third kappa shape index (κ3) is 4.86. The second-order valence-corrected chi connectivity index (χ2v) is 7.19. The fourth-order valence-electron chi connectivity index (χ4n) is 3.18. The van der Waals surface area contributed by atoms with Gasteiger partial charge in [0.15, 0.2) is 0 Å². The summed E-state index contributed by atoms with van der Waals surface area (Å²) < 4.78 is 5.20. The van der Waals surface area contributed by atoms with Gasteiger partial charge in [0.25, 0.3) is 5.91 Å². The van der Waals surface area contributed by atoms with Crippen molar-refractivity contribution >= 4 is 40.7 Å². The Kier molecular flexibility index (Phi) is 6.39. The van der Waals surface area contributed by atoms with Gasteiger partial charge < -0.3 is 19.9 Å². The molecule has 1 fully saturated rings. The van der Waals surface area contributed by atoms with Gasteiger partial charge in [0.2, 0.25) is 11.8 Å². The fourth-order valence-corrected chi connectivity index (χ4v) is 3.35. The summed E-state index contributed by atoms with van der Waals surface area (Å²) in [6, 6.07) is 11.7. The lowest BCUT2D eigenvalue weighted by molar-refractivity contribution is -0.117. The molecule has 0 bridgehead atoms. The fraction of sp³-hybridized carbons (Fsp3) is 0.286. The molecule has 0 saturated carbocycles. The summed E-state index contributed by atoms with van der Waals surface area (Å²) in [5, 5.41) is 3.16. The van der Waals surface area contributed by atoms with E-state index in [2.05, 4.69) is 5.32 Å². The number of carbonyl (C=O) groups excluding carboxylic acids is 3. The van der Waals surface area contributed by atoms with E-state index in [1.54, 1.807) is 54.4 Å². The van der Waals surface area contributed by atoms with Gasteiger partial charge in [0.05, 0.1) is 19.3 Å². The van der Waals surface area contributed by atoms with E-state index in [1.807, 2.05) is 0 Å². The summed E-state index contributed by atoms with van der Waals surface area (Å²) in [5.74, 6) is -0.101. The third-order valence-corrected chi connectivity index (χ3v) is 4.90. The van der Waals surface area contributed by atoms with Crippen molar-refractivity contribution in [2.45, 2.75) is 12.8 Å². The van der Waals surface area contributed by atoms with E-state index in [0.29, 0.717) is 35.0 Å². The van der Waals surface area contributed by atoms with E-state index < -0.39 is 0 Å². The Morgan fingerprint density at radius 1 is 1.21 bits per heavy atom. The number of nitrogens with one attached hydrogen (secondary N) is 1. The van der Waals surface area contributed by atoms with Crippen LogP contribution in [0.4, 0.5) is 11.4 Å². The highest BCUT2D eigenvalue weighted by Gasteiger charge is 2.22. The van der Waals surface area contributed by atoms with Crippen molar-refractivity contribution in [2.75, 3.05) is 37.5 Å². The van der Waals surface area contributed by atoms with Crippen molar-refractivity contribution in [3.05, 3.63) is 53.1 Å². The minimum Gasteiger partial charge on any atom is -0.495 e. The van der Waals surface area contributed by atoms with Gasteiger partial charge >= 0.3 is 0 Å². The van der Waals surface area contributed by atoms with Crippen LogP contribution in [0, 0.1) is 0 Å². The average molecular weight is 416 g/mol. The molecular weight excluding hydrogens is 394 g/mol. The first kappa shape index (κ1) is 20.7. The topological polar surface area (TPSA) is 79.0 Å². The van der Waals surface area contributed by atoms with Gasteiger partial charge in [0, 0.05) is 36.3 Å². The third-order valence-electron chi connectivity index (χ3n) is 4.66. The van der Waals surface area contributed by atoms with Crippen LogP contribution >= 0.6 is 11.6 Å². The lowest BCUT2D eigenvalue weighted by atomic mass is 10.1. The number of rotatable bonds is 6. The van der Waals surface area contributed by atoms with E-state index in [4.69, 9.17) is 16.3 Å². The molecule has 0 aliphatic carbocycles.